The van der Waals surface area contributed by atoms with Crippen molar-refractivity contribution in [1.29, 1.82) is 0 Å². The first-order valence-corrected chi connectivity index (χ1v) is 7.51. The van der Waals surface area contributed by atoms with E-state index in [0.717, 1.165) is 34.5 Å². The topological polar surface area (TPSA) is 49.3 Å². The van der Waals surface area contributed by atoms with E-state index in [1.807, 2.05) is 6.92 Å². The van der Waals surface area contributed by atoms with E-state index in [4.69, 9.17) is 0 Å². The van der Waals surface area contributed by atoms with E-state index in [1.165, 1.54) is 10.9 Å². The molecule has 2 heterocycles. The molecule has 1 unspecified atom stereocenters. The quantitative estimate of drug-likeness (QED) is 0.904. The van der Waals surface area contributed by atoms with Gasteiger partial charge in [0.1, 0.15) is 0 Å². The van der Waals surface area contributed by atoms with Crippen molar-refractivity contribution in [2.24, 2.45) is 0 Å². The van der Waals surface area contributed by atoms with Gasteiger partial charge in [-0.25, -0.2) is 0 Å². The molecule has 100 valence electrons. The molecule has 0 spiro atoms. The maximum atomic E-state index is 11.8. The summed E-state index contributed by atoms with van der Waals surface area (Å²) in [4.78, 5) is 12.7. The molecular formula is C15H17NO2S. The van der Waals surface area contributed by atoms with Gasteiger partial charge in [-0.05, 0) is 47.9 Å². The molecule has 1 amide bonds. The lowest BCUT2D eigenvalue weighted by Crippen LogP contribution is -2.30. The van der Waals surface area contributed by atoms with Crippen molar-refractivity contribution < 1.29 is 9.90 Å². The van der Waals surface area contributed by atoms with Crippen LogP contribution in [0.5, 0.6) is 0 Å². The second-order valence-corrected chi connectivity index (χ2v) is 6.06. The summed E-state index contributed by atoms with van der Waals surface area (Å²) in [6.45, 7) is 2.71. The summed E-state index contributed by atoms with van der Waals surface area (Å²) in [6, 6.07) is 6.27. The van der Waals surface area contributed by atoms with Gasteiger partial charge in [0.05, 0.1) is 11.0 Å². The standard InChI is InChI=1S/C15H17NO2S/c1-2-10(17)7-9-3-4-13-12(8-9)11-5-6-16-15(18)14(11)19-13/h3-4,8,10,17H,2,5-7H2,1H3,(H,16,18). The molecule has 0 fully saturated rings. The fourth-order valence-corrected chi connectivity index (χ4v) is 3.70. The normalized spacial score (nSPS) is 16.2. The second kappa shape index (κ2) is 4.94. The van der Waals surface area contributed by atoms with Gasteiger partial charge in [0, 0.05) is 11.2 Å². The van der Waals surface area contributed by atoms with Crippen LogP contribution in [0.2, 0.25) is 0 Å². The van der Waals surface area contributed by atoms with Crippen LogP contribution in [0.4, 0.5) is 0 Å². The first kappa shape index (κ1) is 12.6. The Balaban J connectivity index is 2.05. The number of aliphatic hydroxyl groups is 1. The van der Waals surface area contributed by atoms with Crippen LogP contribution in [0, 0.1) is 0 Å². The number of hydrogen-bond acceptors (Lipinski definition) is 3. The molecule has 1 atom stereocenters. The van der Waals surface area contributed by atoms with Crippen LogP contribution >= 0.6 is 11.3 Å². The van der Waals surface area contributed by atoms with Gasteiger partial charge in [-0.3, -0.25) is 4.79 Å². The second-order valence-electron chi connectivity index (χ2n) is 5.01. The Hall–Kier alpha value is -1.39. The fraction of sp³-hybridized carbons (Fsp3) is 0.400. The average molecular weight is 275 g/mol. The number of thiophene rings is 1. The van der Waals surface area contributed by atoms with Crippen LogP contribution in [-0.4, -0.2) is 23.7 Å². The number of nitrogens with one attached hydrogen (secondary N) is 1. The van der Waals surface area contributed by atoms with Crippen molar-refractivity contribution in [2.45, 2.75) is 32.3 Å². The van der Waals surface area contributed by atoms with E-state index >= 15 is 0 Å². The van der Waals surface area contributed by atoms with E-state index in [0.29, 0.717) is 6.42 Å². The Bertz CT molecular complexity index is 632. The number of carbonyl (C=O) groups excluding carboxylic acids is 1. The molecule has 2 aromatic rings. The van der Waals surface area contributed by atoms with Crippen LogP contribution in [0.1, 0.15) is 34.1 Å². The first-order valence-electron chi connectivity index (χ1n) is 6.69. The number of benzene rings is 1. The molecule has 0 saturated carbocycles. The van der Waals surface area contributed by atoms with Crippen molar-refractivity contribution in [1.82, 2.24) is 5.32 Å². The summed E-state index contributed by atoms with van der Waals surface area (Å²) in [5.74, 6) is 0.0533. The van der Waals surface area contributed by atoms with Crippen molar-refractivity contribution in [3.05, 3.63) is 34.2 Å². The fourth-order valence-electron chi connectivity index (χ4n) is 2.55. The molecule has 4 heteroatoms. The molecule has 19 heavy (non-hydrogen) atoms. The SMILES string of the molecule is CCC(O)Cc1ccc2sc3c(c2c1)CCNC3=O. The minimum Gasteiger partial charge on any atom is -0.393 e. The third-order valence-electron chi connectivity index (χ3n) is 3.66. The van der Waals surface area contributed by atoms with E-state index in [-0.39, 0.29) is 12.0 Å². The van der Waals surface area contributed by atoms with Crippen molar-refractivity contribution >= 4 is 27.3 Å². The number of hydrogen-bond donors (Lipinski definition) is 2. The maximum absolute atomic E-state index is 11.8. The zero-order valence-corrected chi connectivity index (χ0v) is 11.7. The maximum Gasteiger partial charge on any atom is 0.261 e. The molecule has 1 aliphatic rings. The first-order chi connectivity index (χ1) is 9.19. The molecule has 3 rings (SSSR count). The van der Waals surface area contributed by atoms with Gasteiger partial charge in [0.15, 0.2) is 0 Å². The Kier molecular flexibility index (Phi) is 3.29. The predicted molar refractivity (Wildman–Crippen MR) is 77.9 cm³/mol. The van der Waals surface area contributed by atoms with E-state index in [1.54, 1.807) is 11.3 Å². The highest BCUT2D eigenvalue weighted by molar-refractivity contribution is 7.21. The highest BCUT2D eigenvalue weighted by atomic mass is 32.1. The molecule has 1 aromatic carbocycles. The van der Waals surface area contributed by atoms with E-state index in [9.17, 15) is 9.90 Å². The molecule has 1 aliphatic heterocycles. The lowest BCUT2D eigenvalue weighted by atomic mass is 10.00. The van der Waals surface area contributed by atoms with Gasteiger partial charge < -0.3 is 10.4 Å². The predicted octanol–water partition coefficient (Wildman–Crippen LogP) is 2.50. The summed E-state index contributed by atoms with van der Waals surface area (Å²) in [5.41, 5.74) is 2.32. The Morgan fingerprint density at radius 2 is 2.32 bits per heavy atom. The van der Waals surface area contributed by atoms with E-state index < -0.39 is 0 Å². The lowest BCUT2D eigenvalue weighted by Gasteiger charge is -2.12. The van der Waals surface area contributed by atoms with Crippen LogP contribution in [0.25, 0.3) is 10.1 Å². The van der Waals surface area contributed by atoms with Crippen LogP contribution in [-0.2, 0) is 12.8 Å². The van der Waals surface area contributed by atoms with Crippen LogP contribution in [0.3, 0.4) is 0 Å². The Morgan fingerprint density at radius 1 is 1.47 bits per heavy atom. The Morgan fingerprint density at radius 3 is 3.11 bits per heavy atom. The molecule has 0 aliphatic carbocycles. The van der Waals surface area contributed by atoms with Crippen LogP contribution < -0.4 is 5.32 Å². The van der Waals surface area contributed by atoms with Crippen LogP contribution in [0.15, 0.2) is 18.2 Å². The van der Waals surface area contributed by atoms with Gasteiger partial charge in [0.2, 0.25) is 0 Å². The minimum atomic E-state index is -0.282. The molecule has 2 N–H and O–H groups in total. The molecule has 0 bridgehead atoms. The molecule has 3 nitrogen and oxygen atoms in total. The molecular weight excluding hydrogens is 258 g/mol. The highest BCUT2D eigenvalue weighted by Gasteiger charge is 2.22. The zero-order chi connectivity index (χ0) is 13.4. The zero-order valence-electron chi connectivity index (χ0n) is 10.9. The lowest BCUT2D eigenvalue weighted by molar-refractivity contribution is 0.0951. The smallest absolute Gasteiger partial charge is 0.261 e. The minimum absolute atomic E-state index is 0.0533. The summed E-state index contributed by atoms with van der Waals surface area (Å²) < 4.78 is 1.16. The Labute approximate surface area is 116 Å². The van der Waals surface area contributed by atoms with Gasteiger partial charge in [0.25, 0.3) is 5.91 Å². The monoisotopic (exact) mass is 275 g/mol. The molecule has 0 radical (unpaired) electrons. The third-order valence-corrected chi connectivity index (χ3v) is 4.88. The summed E-state index contributed by atoms with van der Waals surface area (Å²) >= 11 is 1.57. The average Bonchev–Trinajstić information content (AvgIpc) is 2.78. The highest BCUT2D eigenvalue weighted by Crippen LogP contribution is 2.34. The third kappa shape index (κ3) is 2.26. The van der Waals surface area contributed by atoms with Gasteiger partial charge in [-0.15, -0.1) is 11.3 Å². The number of fused-ring (bicyclic) bond motifs is 3. The van der Waals surface area contributed by atoms with E-state index in [2.05, 4.69) is 23.5 Å². The molecule has 1 aromatic heterocycles. The van der Waals surface area contributed by atoms with Crippen molar-refractivity contribution in [3.8, 4) is 0 Å². The van der Waals surface area contributed by atoms with Gasteiger partial charge in [-0.1, -0.05) is 13.0 Å². The van der Waals surface area contributed by atoms with Crippen molar-refractivity contribution in [3.63, 3.8) is 0 Å². The largest absolute Gasteiger partial charge is 0.393 e. The molecule has 0 saturated heterocycles. The number of aliphatic hydroxyl groups excluding tert-OH is 1. The number of rotatable bonds is 3. The number of carbonyl (C=O) groups is 1. The summed E-state index contributed by atoms with van der Waals surface area (Å²) in [7, 11) is 0. The summed E-state index contributed by atoms with van der Waals surface area (Å²) in [5, 5.41) is 13.8. The van der Waals surface area contributed by atoms with Gasteiger partial charge >= 0.3 is 0 Å². The number of amides is 1. The van der Waals surface area contributed by atoms with Gasteiger partial charge in [-0.2, -0.15) is 0 Å². The summed E-state index contributed by atoms with van der Waals surface area (Å²) in [6.07, 6.45) is 2.07. The van der Waals surface area contributed by atoms with Crippen molar-refractivity contribution in [2.75, 3.05) is 6.54 Å².